The highest BCUT2D eigenvalue weighted by molar-refractivity contribution is 5.92. The molecule has 4 aromatic rings. The number of aromatic nitrogens is 1. The van der Waals surface area contributed by atoms with Crippen molar-refractivity contribution in [1.82, 2.24) is 4.98 Å². The maximum atomic E-state index is 4.46. The van der Waals surface area contributed by atoms with Crippen molar-refractivity contribution in [3.8, 4) is 11.1 Å². The Morgan fingerprint density at radius 3 is 2.39 bits per heavy atom. The molecule has 0 saturated carbocycles. The molecule has 0 unspecified atom stereocenters. The summed E-state index contributed by atoms with van der Waals surface area (Å²) in [6, 6.07) is 22.5. The van der Waals surface area contributed by atoms with Crippen molar-refractivity contribution in [2.45, 2.75) is 19.3 Å². The van der Waals surface area contributed by atoms with E-state index in [-0.39, 0.29) is 0 Å². The van der Waals surface area contributed by atoms with Crippen molar-refractivity contribution < 1.29 is 0 Å². The van der Waals surface area contributed by atoms with E-state index in [9.17, 15) is 0 Å². The van der Waals surface area contributed by atoms with E-state index in [1.165, 1.54) is 61.6 Å². The van der Waals surface area contributed by atoms with Gasteiger partial charge in [-0.05, 0) is 63.1 Å². The number of fused-ring (bicyclic) bond motifs is 8. The Kier molecular flexibility index (Phi) is 2.67. The van der Waals surface area contributed by atoms with Gasteiger partial charge < -0.3 is 4.90 Å². The molecule has 3 heterocycles. The first-order valence-electron chi connectivity index (χ1n) is 9.95. The molecule has 2 aliphatic heterocycles. The minimum atomic E-state index is 0.989. The molecule has 3 aliphatic rings. The van der Waals surface area contributed by atoms with Gasteiger partial charge in [0.05, 0.1) is 23.3 Å². The lowest BCUT2D eigenvalue weighted by Crippen LogP contribution is -2.25. The van der Waals surface area contributed by atoms with Crippen LogP contribution in [0.1, 0.15) is 33.4 Å². The van der Waals surface area contributed by atoms with E-state index in [0.717, 1.165) is 19.3 Å². The molecule has 7 rings (SSSR count). The van der Waals surface area contributed by atoms with Crippen LogP contribution in [-0.2, 0) is 19.3 Å². The number of rotatable bonds is 0. The van der Waals surface area contributed by atoms with Gasteiger partial charge in [-0.15, -0.1) is 0 Å². The number of benzene rings is 3. The fraction of sp³-hybridized carbons (Fsp3) is 0.115. The predicted molar refractivity (Wildman–Crippen MR) is 113 cm³/mol. The minimum Gasteiger partial charge on any atom is -0.308 e. The van der Waals surface area contributed by atoms with Gasteiger partial charge in [0.25, 0.3) is 0 Å². The lowest BCUT2D eigenvalue weighted by atomic mass is 9.84. The molecule has 28 heavy (non-hydrogen) atoms. The Hall–Kier alpha value is -3.39. The number of hydrogen-bond donors (Lipinski definition) is 0. The fourth-order valence-electron chi connectivity index (χ4n) is 5.42. The SMILES string of the molecule is c1ccc2c(c1)Cc1c-2ccc2c1Cc1cccc3c1N2c1cnccc1C3. The molecular weight excluding hydrogens is 340 g/mol. The van der Waals surface area contributed by atoms with Crippen LogP contribution in [0.2, 0.25) is 0 Å². The van der Waals surface area contributed by atoms with E-state index in [4.69, 9.17) is 0 Å². The third-order valence-corrected chi connectivity index (χ3v) is 6.63. The molecule has 0 atom stereocenters. The maximum absolute atomic E-state index is 4.46. The van der Waals surface area contributed by atoms with Crippen molar-refractivity contribution in [3.05, 3.63) is 106 Å². The molecule has 0 saturated heterocycles. The predicted octanol–water partition coefficient (Wildman–Crippen LogP) is 5.93. The van der Waals surface area contributed by atoms with E-state index in [1.807, 2.05) is 12.4 Å². The van der Waals surface area contributed by atoms with Crippen LogP contribution in [0.25, 0.3) is 11.1 Å². The van der Waals surface area contributed by atoms with Crippen molar-refractivity contribution in [2.24, 2.45) is 0 Å². The Bertz CT molecular complexity index is 1300. The average molecular weight is 358 g/mol. The highest BCUT2D eigenvalue weighted by Crippen LogP contribution is 2.53. The zero-order valence-electron chi connectivity index (χ0n) is 15.4. The normalized spacial score (nSPS) is 14.6. The summed E-state index contributed by atoms with van der Waals surface area (Å²) < 4.78 is 0. The molecule has 0 bridgehead atoms. The molecule has 132 valence electrons. The Morgan fingerprint density at radius 2 is 1.43 bits per heavy atom. The Labute approximate surface area is 164 Å². The van der Waals surface area contributed by atoms with Crippen molar-refractivity contribution in [2.75, 3.05) is 4.90 Å². The molecular formula is C26H18N2. The van der Waals surface area contributed by atoms with Gasteiger partial charge in [0.1, 0.15) is 0 Å². The topological polar surface area (TPSA) is 16.1 Å². The summed E-state index contributed by atoms with van der Waals surface area (Å²) in [5.74, 6) is 0. The Morgan fingerprint density at radius 1 is 0.607 bits per heavy atom. The molecule has 2 heteroatoms. The highest BCUT2D eigenvalue weighted by atomic mass is 15.2. The van der Waals surface area contributed by atoms with E-state index in [0.29, 0.717) is 0 Å². The smallest absolute Gasteiger partial charge is 0.0680 e. The van der Waals surface area contributed by atoms with Crippen LogP contribution in [0.15, 0.2) is 73.1 Å². The van der Waals surface area contributed by atoms with Gasteiger partial charge in [0.15, 0.2) is 0 Å². The van der Waals surface area contributed by atoms with Crippen molar-refractivity contribution >= 4 is 17.1 Å². The van der Waals surface area contributed by atoms with Gasteiger partial charge in [-0.3, -0.25) is 4.98 Å². The van der Waals surface area contributed by atoms with Crippen LogP contribution >= 0.6 is 0 Å². The van der Waals surface area contributed by atoms with Gasteiger partial charge >= 0.3 is 0 Å². The standard InChI is InChI=1S/C26H18N2/c1-2-7-20-16(4-1)13-22-21(20)8-9-24-23(22)14-19-6-3-5-18-12-17-10-11-27-15-25(17)28(24)26(18)19/h1-11,15H,12-14H2. The van der Waals surface area contributed by atoms with Crippen LogP contribution in [0.3, 0.4) is 0 Å². The van der Waals surface area contributed by atoms with Gasteiger partial charge in [-0.1, -0.05) is 48.5 Å². The van der Waals surface area contributed by atoms with Gasteiger partial charge in [0, 0.05) is 19.0 Å². The molecule has 0 fully saturated rings. The molecule has 0 spiro atoms. The van der Waals surface area contributed by atoms with Crippen LogP contribution in [0.4, 0.5) is 17.1 Å². The van der Waals surface area contributed by atoms with Crippen molar-refractivity contribution in [3.63, 3.8) is 0 Å². The van der Waals surface area contributed by atoms with Crippen LogP contribution in [-0.4, -0.2) is 4.98 Å². The van der Waals surface area contributed by atoms with Crippen LogP contribution in [0, 0.1) is 0 Å². The first-order valence-corrected chi connectivity index (χ1v) is 9.95. The Balaban J connectivity index is 1.52. The summed E-state index contributed by atoms with van der Waals surface area (Å²) in [6.45, 7) is 0. The zero-order chi connectivity index (χ0) is 18.2. The molecule has 0 amide bonds. The van der Waals surface area contributed by atoms with Crippen LogP contribution < -0.4 is 4.90 Å². The maximum Gasteiger partial charge on any atom is 0.0680 e. The highest BCUT2D eigenvalue weighted by Gasteiger charge is 2.34. The summed E-state index contributed by atoms with van der Waals surface area (Å²) in [5.41, 5.74) is 15.4. The first kappa shape index (κ1) is 14.6. The second-order valence-corrected chi connectivity index (χ2v) is 8.04. The quantitative estimate of drug-likeness (QED) is 0.334. The van der Waals surface area contributed by atoms with Crippen molar-refractivity contribution in [1.29, 1.82) is 0 Å². The number of para-hydroxylation sites is 1. The summed E-state index contributed by atoms with van der Waals surface area (Å²) in [7, 11) is 0. The lowest BCUT2D eigenvalue weighted by molar-refractivity contribution is 0.989. The molecule has 0 N–H and O–H groups in total. The number of anilines is 3. The van der Waals surface area contributed by atoms with Gasteiger partial charge in [-0.25, -0.2) is 0 Å². The number of nitrogens with zero attached hydrogens (tertiary/aromatic N) is 2. The third kappa shape index (κ3) is 1.75. The average Bonchev–Trinajstić information content (AvgIpc) is 3.13. The summed E-state index contributed by atoms with van der Waals surface area (Å²) in [4.78, 5) is 6.93. The summed E-state index contributed by atoms with van der Waals surface area (Å²) in [6.07, 6.45) is 6.99. The first-order chi connectivity index (χ1) is 13.9. The van der Waals surface area contributed by atoms with E-state index < -0.39 is 0 Å². The molecule has 2 nitrogen and oxygen atoms in total. The molecule has 1 aliphatic carbocycles. The summed E-state index contributed by atoms with van der Waals surface area (Å²) in [5, 5.41) is 0. The molecule has 0 radical (unpaired) electrons. The van der Waals surface area contributed by atoms with E-state index in [1.54, 1.807) is 0 Å². The van der Waals surface area contributed by atoms with E-state index >= 15 is 0 Å². The fourth-order valence-corrected chi connectivity index (χ4v) is 5.42. The van der Waals surface area contributed by atoms with Gasteiger partial charge in [-0.2, -0.15) is 0 Å². The monoisotopic (exact) mass is 358 g/mol. The van der Waals surface area contributed by atoms with Crippen LogP contribution in [0.5, 0.6) is 0 Å². The second-order valence-electron chi connectivity index (χ2n) is 8.04. The minimum absolute atomic E-state index is 0.989. The lowest BCUT2D eigenvalue weighted by Gasteiger charge is -2.39. The molecule has 3 aromatic carbocycles. The van der Waals surface area contributed by atoms with Gasteiger partial charge in [0.2, 0.25) is 0 Å². The largest absolute Gasteiger partial charge is 0.308 e. The second kappa shape index (κ2) is 5.11. The number of pyridine rings is 1. The van der Waals surface area contributed by atoms with E-state index in [2.05, 4.69) is 70.5 Å². The zero-order valence-corrected chi connectivity index (χ0v) is 15.4. The third-order valence-electron chi connectivity index (χ3n) is 6.63. The summed E-state index contributed by atoms with van der Waals surface area (Å²) >= 11 is 0. The molecule has 1 aromatic heterocycles. The number of hydrogen-bond acceptors (Lipinski definition) is 2.